The Labute approximate surface area is 99.8 Å². The Bertz CT molecular complexity index is 496. The van der Waals surface area contributed by atoms with Crippen molar-refractivity contribution in [2.24, 2.45) is 0 Å². The molecule has 4 nitrogen and oxygen atoms in total. The molecule has 0 aliphatic heterocycles. The van der Waals surface area contributed by atoms with Crippen LogP contribution >= 0.6 is 0 Å². The summed E-state index contributed by atoms with van der Waals surface area (Å²) in [6.07, 6.45) is 1.10. The predicted molar refractivity (Wildman–Crippen MR) is 63.0 cm³/mol. The van der Waals surface area contributed by atoms with Crippen LogP contribution in [0.25, 0.3) is 0 Å². The largest absolute Gasteiger partial charge is 0.349 e. The number of rotatable bonds is 4. The Morgan fingerprint density at radius 2 is 1.88 bits per heavy atom. The average Bonchev–Trinajstić information content (AvgIpc) is 2.15. The maximum Gasteiger partial charge on any atom is 0.251 e. The molecule has 0 heterocycles. The number of hydrogen-bond donors (Lipinski definition) is 1. The fourth-order valence-corrected chi connectivity index (χ4v) is 2.40. The van der Waals surface area contributed by atoms with E-state index in [1.807, 2.05) is 0 Å². The van der Waals surface area contributed by atoms with E-state index in [1.54, 1.807) is 6.92 Å². The van der Waals surface area contributed by atoms with Gasteiger partial charge >= 0.3 is 0 Å². The molecule has 1 atom stereocenters. The Kier molecular flexibility index (Phi) is 4.22. The molecule has 1 aromatic carbocycles. The van der Waals surface area contributed by atoms with Crippen molar-refractivity contribution in [2.45, 2.75) is 13.0 Å². The summed E-state index contributed by atoms with van der Waals surface area (Å²) in [5, 5.41) is 2.53. The zero-order valence-electron chi connectivity index (χ0n) is 9.60. The van der Waals surface area contributed by atoms with Crippen molar-refractivity contribution in [3.05, 3.63) is 35.6 Å². The smallest absolute Gasteiger partial charge is 0.251 e. The van der Waals surface area contributed by atoms with Gasteiger partial charge in [-0.25, -0.2) is 12.8 Å². The quantitative estimate of drug-likeness (QED) is 0.877. The van der Waals surface area contributed by atoms with Crippen molar-refractivity contribution < 1.29 is 17.6 Å². The van der Waals surface area contributed by atoms with Gasteiger partial charge in [0.2, 0.25) is 0 Å². The van der Waals surface area contributed by atoms with E-state index in [1.165, 1.54) is 24.3 Å². The number of carbonyl (C=O) groups excluding carboxylic acids is 1. The van der Waals surface area contributed by atoms with Crippen molar-refractivity contribution in [1.82, 2.24) is 5.32 Å². The van der Waals surface area contributed by atoms with Crippen molar-refractivity contribution >= 4 is 15.7 Å². The van der Waals surface area contributed by atoms with Crippen LogP contribution in [0.1, 0.15) is 17.3 Å². The van der Waals surface area contributed by atoms with Crippen molar-refractivity contribution in [3.8, 4) is 0 Å². The first-order chi connectivity index (χ1) is 7.78. The summed E-state index contributed by atoms with van der Waals surface area (Å²) in [7, 11) is -3.13. The van der Waals surface area contributed by atoms with Gasteiger partial charge in [-0.05, 0) is 31.2 Å². The number of benzene rings is 1. The lowest BCUT2D eigenvalue weighted by atomic mass is 10.2. The Morgan fingerprint density at radius 1 is 1.35 bits per heavy atom. The molecule has 0 radical (unpaired) electrons. The molecular formula is C11H14FNO3S. The Hall–Kier alpha value is -1.43. The molecule has 0 fully saturated rings. The van der Waals surface area contributed by atoms with Crippen LogP contribution in [0, 0.1) is 5.82 Å². The van der Waals surface area contributed by atoms with Gasteiger partial charge in [-0.1, -0.05) is 0 Å². The van der Waals surface area contributed by atoms with E-state index < -0.39 is 27.6 Å². The highest BCUT2D eigenvalue weighted by Gasteiger charge is 2.14. The SMILES string of the molecule is CC(CS(C)(=O)=O)NC(=O)c1ccc(F)cc1. The number of sulfone groups is 1. The van der Waals surface area contributed by atoms with Crippen LogP contribution in [0.2, 0.25) is 0 Å². The standard InChI is InChI=1S/C11H14FNO3S/c1-8(7-17(2,15)16)13-11(14)9-3-5-10(12)6-4-9/h3-6,8H,7H2,1-2H3,(H,13,14). The van der Waals surface area contributed by atoms with E-state index in [9.17, 15) is 17.6 Å². The van der Waals surface area contributed by atoms with Crippen LogP contribution in [-0.4, -0.2) is 32.4 Å². The fraction of sp³-hybridized carbons (Fsp3) is 0.364. The van der Waals surface area contributed by atoms with Gasteiger partial charge in [0, 0.05) is 17.9 Å². The summed E-state index contributed by atoms with van der Waals surface area (Å²) in [6, 6.07) is 4.56. The number of hydrogen-bond acceptors (Lipinski definition) is 3. The second-order valence-corrected chi connectivity index (χ2v) is 6.16. The topological polar surface area (TPSA) is 63.2 Å². The minimum absolute atomic E-state index is 0.125. The van der Waals surface area contributed by atoms with E-state index in [4.69, 9.17) is 0 Å². The average molecular weight is 259 g/mol. The molecule has 17 heavy (non-hydrogen) atoms. The molecule has 0 bridgehead atoms. The Balaban J connectivity index is 2.63. The summed E-state index contributed by atoms with van der Waals surface area (Å²) >= 11 is 0. The minimum Gasteiger partial charge on any atom is -0.349 e. The van der Waals surface area contributed by atoms with E-state index in [-0.39, 0.29) is 5.75 Å². The molecule has 1 aromatic rings. The molecule has 0 aromatic heterocycles. The van der Waals surface area contributed by atoms with Gasteiger partial charge in [0.15, 0.2) is 0 Å². The highest BCUT2D eigenvalue weighted by atomic mass is 32.2. The normalized spacial score (nSPS) is 13.1. The van der Waals surface area contributed by atoms with E-state index in [2.05, 4.69) is 5.32 Å². The first-order valence-electron chi connectivity index (χ1n) is 5.02. The van der Waals surface area contributed by atoms with Crippen LogP contribution in [0.3, 0.4) is 0 Å². The van der Waals surface area contributed by atoms with Crippen molar-refractivity contribution in [3.63, 3.8) is 0 Å². The lowest BCUT2D eigenvalue weighted by Gasteiger charge is -2.12. The predicted octanol–water partition coefficient (Wildman–Crippen LogP) is 0.989. The summed E-state index contributed by atoms with van der Waals surface area (Å²) in [4.78, 5) is 11.6. The molecule has 1 rings (SSSR count). The van der Waals surface area contributed by atoms with Crippen LogP contribution < -0.4 is 5.32 Å². The maximum atomic E-state index is 12.6. The van der Waals surface area contributed by atoms with Crippen LogP contribution in [0.5, 0.6) is 0 Å². The van der Waals surface area contributed by atoms with Gasteiger partial charge in [-0.2, -0.15) is 0 Å². The summed E-state index contributed by atoms with van der Waals surface area (Å²) < 4.78 is 34.6. The minimum atomic E-state index is -3.13. The molecule has 1 N–H and O–H groups in total. The monoisotopic (exact) mass is 259 g/mol. The molecule has 0 aliphatic rings. The third-order valence-corrected chi connectivity index (χ3v) is 3.14. The second-order valence-electron chi connectivity index (χ2n) is 3.97. The Morgan fingerprint density at radius 3 is 2.35 bits per heavy atom. The number of nitrogens with one attached hydrogen (secondary N) is 1. The highest BCUT2D eigenvalue weighted by molar-refractivity contribution is 7.90. The molecule has 0 aliphatic carbocycles. The van der Waals surface area contributed by atoms with Gasteiger partial charge in [-0.15, -0.1) is 0 Å². The molecule has 94 valence electrons. The van der Waals surface area contributed by atoms with Gasteiger partial charge in [0.25, 0.3) is 5.91 Å². The third-order valence-electron chi connectivity index (χ3n) is 2.04. The summed E-state index contributed by atoms with van der Waals surface area (Å²) in [6.45, 7) is 1.60. The van der Waals surface area contributed by atoms with Gasteiger partial charge < -0.3 is 5.32 Å². The van der Waals surface area contributed by atoms with Gasteiger partial charge in [0.05, 0.1) is 5.75 Å². The molecule has 0 spiro atoms. The summed E-state index contributed by atoms with van der Waals surface area (Å²) in [5.74, 6) is -0.966. The third kappa shape index (κ3) is 4.95. The van der Waals surface area contributed by atoms with E-state index in [0.717, 1.165) is 6.26 Å². The first-order valence-corrected chi connectivity index (χ1v) is 7.08. The number of amides is 1. The van der Waals surface area contributed by atoms with E-state index in [0.29, 0.717) is 5.56 Å². The van der Waals surface area contributed by atoms with Crippen molar-refractivity contribution in [1.29, 1.82) is 0 Å². The molecule has 6 heteroatoms. The zero-order valence-corrected chi connectivity index (χ0v) is 10.4. The van der Waals surface area contributed by atoms with Crippen LogP contribution in [-0.2, 0) is 9.84 Å². The van der Waals surface area contributed by atoms with Gasteiger partial charge in [0.1, 0.15) is 15.7 Å². The molecule has 0 saturated carbocycles. The maximum absolute atomic E-state index is 12.6. The lowest BCUT2D eigenvalue weighted by Crippen LogP contribution is -2.37. The van der Waals surface area contributed by atoms with Crippen LogP contribution in [0.4, 0.5) is 4.39 Å². The molecular weight excluding hydrogens is 245 g/mol. The molecule has 1 amide bonds. The van der Waals surface area contributed by atoms with Crippen molar-refractivity contribution in [2.75, 3.05) is 12.0 Å². The van der Waals surface area contributed by atoms with Gasteiger partial charge in [-0.3, -0.25) is 4.79 Å². The number of halogens is 1. The molecule has 1 unspecified atom stereocenters. The molecule has 0 saturated heterocycles. The number of carbonyl (C=O) groups is 1. The fourth-order valence-electron chi connectivity index (χ4n) is 1.40. The second kappa shape index (κ2) is 5.27. The highest BCUT2D eigenvalue weighted by Crippen LogP contribution is 2.03. The zero-order chi connectivity index (χ0) is 13.1. The van der Waals surface area contributed by atoms with E-state index >= 15 is 0 Å². The first kappa shape index (κ1) is 13.6. The van der Waals surface area contributed by atoms with Crippen LogP contribution in [0.15, 0.2) is 24.3 Å². The lowest BCUT2D eigenvalue weighted by molar-refractivity contribution is 0.0943. The summed E-state index contributed by atoms with van der Waals surface area (Å²) in [5.41, 5.74) is 0.298.